The second-order valence-electron chi connectivity index (χ2n) is 5.03. The van der Waals surface area contributed by atoms with E-state index in [1.165, 1.54) is 34.9 Å². The van der Waals surface area contributed by atoms with Crippen molar-refractivity contribution < 1.29 is 0 Å². The van der Waals surface area contributed by atoms with Crippen LogP contribution >= 0.6 is 11.3 Å². The third-order valence-electron chi connectivity index (χ3n) is 3.70. The molecule has 1 saturated carbocycles. The Morgan fingerprint density at radius 1 is 1.35 bits per heavy atom. The van der Waals surface area contributed by atoms with E-state index < -0.39 is 0 Å². The van der Waals surface area contributed by atoms with Crippen molar-refractivity contribution in [3.63, 3.8) is 0 Å². The highest BCUT2D eigenvalue weighted by Gasteiger charge is 2.35. The number of hydrogen-bond acceptors (Lipinski definition) is 2. The summed E-state index contributed by atoms with van der Waals surface area (Å²) in [6, 6.07) is 9.48. The summed E-state index contributed by atoms with van der Waals surface area (Å²) in [6.45, 7) is 3.32. The van der Waals surface area contributed by atoms with Crippen molar-refractivity contribution >= 4 is 21.4 Å². The first kappa shape index (κ1) is 11.2. The number of rotatable bonds is 5. The van der Waals surface area contributed by atoms with E-state index >= 15 is 0 Å². The van der Waals surface area contributed by atoms with Crippen LogP contribution in [0, 0.1) is 5.92 Å². The maximum absolute atomic E-state index is 3.69. The molecule has 1 aliphatic carbocycles. The first-order valence-corrected chi connectivity index (χ1v) is 7.45. The van der Waals surface area contributed by atoms with Crippen LogP contribution in [0.3, 0.4) is 0 Å². The van der Waals surface area contributed by atoms with Gasteiger partial charge in [-0.05, 0) is 41.2 Å². The van der Waals surface area contributed by atoms with E-state index in [0.717, 1.165) is 18.5 Å². The molecule has 1 aromatic heterocycles. The molecule has 2 unspecified atom stereocenters. The molecule has 0 amide bonds. The van der Waals surface area contributed by atoms with E-state index in [4.69, 9.17) is 0 Å². The molecule has 2 atom stereocenters. The minimum atomic E-state index is 0.786. The molecule has 0 spiro atoms. The maximum atomic E-state index is 3.69. The van der Waals surface area contributed by atoms with Gasteiger partial charge in [-0.1, -0.05) is 31.5 Å². The Morgan fingerprint density at radius 2 is 2.24 bits per heavy atom. The molecule has 1 aliphatic rings. The molecule has 1 nitrogen and oxygen atoms in total. The van der Waals surface area contributed by atoms with Crippen LogP contribution in [0.15, 0.2) is 29.6 Å². The van der Waals surface area contributed by atoms with Gasteiger partial charge in [-0.25, -0.2) is 0 Å². The van der Waals surface area contributed by atoms with Gasteiger partial charge in [-0.3, -0.25) is 0 Å². The van der Waals surface area contributed by atoms with Crippen LogP contribution < -0.4 is 5.32 Å². The van der Waals surface area contributed by atoms with Gasteiger partial charge in [0.25, 0.3) is 0 Å². The lowest BCUT2D eigenvalue weighted by Crippen LogP contribution is -2.17. The molecule has 0 radical (unpaired) electrons. The van der Waals surface area contributed by atoms with Gasteiger partial charge in [0.15, 0.2) is 0 Å². The minimum Gasteiger partial charge on any atom is -0.310 e. The molecule has 3 rings (SSSR count). The largest absolute Gasteiger partial charge is 0.310 e. The Kier molecular flexibility index (Phi) is 3.17. The van der Waals surface area contributed by atoms with Crippen molar-refractivity contribution in [3.8, 4) is 0 Å². The van der Waals surface area contributed by atoms with Crippen LogP contribution in [0.5, 0.6) is 0 Å². The second kappa shape index (κ2) is 4.79. The summed E-state index contributed by atoms with van der Waals surface area (Å²) >= 11 is 1.86. The highest BCUT2D eigenvalue weighted by molar-refractivity contribution is 7.17. The maximum Gasteiger partial charge on any atom is 0.0346 e. The summed E-state index contributed by atoms with van der Waals surface area (Å²) in [5.74, 6) is 0.949. The van der Waals surface area contributed by atoms with Crippen molar-refractivity contribution in [2.75, 3.05) is 0 Å². The molecule has 1 aromatic carbocycles. The van der Waals surface area contributed by atoms with Gasteiger partial charge in [0.05, 0.1) is 0 Å². The van der Waals surface area contributed by atoms with Crippen molar-refractivity contribution in [1.29, 1.82) is 0 Å². The van der Waals surface area contributed by atoms with Crippen LogP contribution in [0.2, 0.25) is 0 Å². The zero-order valence-electron chi connectivity index (χ0n) is 10.3. The normalized spacial score (nSPS) is 23.1. The molecule has 0 aliphatic heterocycles. The van der Waals surface area contributed by atoms with Gasteiger partial charge >= 0.3 is 0 Å². The Hall–Kier alpha value is -0.860. The van der Waals surface area contributed by atoms with Crippen molar-refractivity contribution in [3.05, 3.63) is 35.2 Å². The standard InChI is InChI=1S/C15H19NS/c1-2-5-11-8-14(11)16-9-12-10-17-15-7-4-3-6-13(12)15/h3-4,6-7,10-11,14,16H,2,5,8-9H2,1H3. The Morgan fingerprint density at radius 3 is 3.12 bits per heavy atom. The summed E-state index contributed by atoms with van der Waals surface area (Å²) in [4.78, 5) is 0. The van der Waals surface area contributed by atoms with Crippen LogP contribution in [-0.2, 0) is 6.54 Å². The van der Waals surface area contributed by atoms with E-state index in [0.29, 0.717) is 0 Å². The van der Waals surface area contributed by atoms with Gasteiger partial charge in [0, 0.05) is 17.3 Å². The Bertz CT molecular complexity index is 502. The SMILES string of the molecule is CCCC1CC1NCc1csc2ccccc12. The lowest BCUT2D eigenvalue weighted by Gasteiger charge is -2.03. The molecule has 0 bridgehead atoms. The summed E-state index contributed by atoms with van der Waals surface area (Å²) in [6.07, 6.45) is 4.10. The summed E-state index contributed by atoms with van der Waals surface area (Å²) < 4.78 is 1.41. The third kappa shape index (κ3) is 2.38. The van der Waals surface area contributed by atoms with E-state index in [1.54, 1.807) is 0 Å². The predicted octanol–water partition coefficient (Wildman–Crippen LogP) is 4.18. The van der Waals surface area contributed by atoms with E-state index in [-0.39, 0.29) is 0 Å². The number of fused-ring (bicyclic) bond motifs is 1. The van der Waals surface area contributed by atoms with Crippen molar-refractivity contribution in [2.45, 2.75) is 38.8 Å². The number of hydrogen-bond donors (Lipinski definition) is 1. The fraction of sp³-hybridized carbons (Fsp3) is 0.467. The zero-order chi connectivity index (χ0) is 11.7. The molecular weight excluding hydrogens is 226 g/mol. The third-order valence-corrected chi connectivity index (χ3v) is 4.71. The topological polar surface area (TPSA) is 12.0 Å². The highest BCUT2D eigenvalue weighted by atomic mass is 32.1. The number of benzene rings is 1. The fourth-order valence-electron chi connectivity index (χ4n) is 2.60. The van der Waals surface area contributed by atoms with Crippen molar-refractivity contribution in [2.24, 2.45) is 5.92 Å². The molecule has 1 fully saturated rings. The lowest BCUT2D eigenvalue weighted by molar-refractivity contribution is 0.601. The molecule has 1 heterocycles. The summed E-state index contributed by atoms with van der Waals surface area (Å²) in [7, 11) is 0. The highest BCUT2D eigenvalue weighted by Crippen LogP contribution is 2.35. The van der Waals surface area contributed by atoms with Crippen LogP contribution in [0.1, 0.15) is 31.7 Å². The molecule has 0 saturated heterocycles. The zero-order valence-corrected chi connectivity index (χ0v) is 11.1. The average Bonchev–Trinajstić information content (AvgIpc) is 2.97. The first-order valence-electron chi connectivity index (χ1n) is 6.57. The van der Waals surface area contributed by atoms with Crippen LogP contribution in [0.4, 0.5) is 0 Å². The van der Waals surface area contributed by atoms with Crippen LogP contribution in [-0.4, -0.2) is 6.04 Å². The smallest absolute Gasteiger partial charge is 0.0346 e. The molecule has 90 valence electrons. The molecular formula is C15H19NS. The fourth-order valence-corrected chi connectivity index (χ4v) is 3.56. The monoisotopic (exact) mass is 245 g/mol. The Labute approximate surface area is 107 Å². The van der Waals surface area contributed by atoms with Gasteiger partial charge in [-0.2, -0.15) is 0 Å². The lowest BCUT2D eigenvalue weighted by atomic mass is 10.2. The van der Waals surface area contributed by atoms with E-state index in [9.17, 15) is 0 Å². The minimum absolute atomic E-state index is 0.786. The van der Waals surface area contributed by atoms with Gasteiger partial charge in [-0.15, -0.1) is 11.3 Å². The number of thiophene rings is 1. The van der Waals surface area contributed by atoms with Gasteiger partial charge < -0.3 is 5.32 Å². The van der Waals surface area contributed by atoms with E-state index in [1.807, 2.05) is 11.3 Å². The molecule has 1 N–H and O–H groups in total. The predicted molar refractivity (Wildman–Crippen MR) is 75.5 cm³/mol. The van der Waals surface area contributed by atoms with Crippen LogP contribution in [0.25, 0.3) is 10.1 Å². The number of nitrogens with one attached hydrogen (secondary N) is 1. The average molecular weight is 245 g/mol. The molecule has 2 heteroatoms. The van der Waals surface area contributed by atoms with Gasteiger partial charge in [0.2, 0.25) is 0 Å². The quantitative estimate of drug-likeness (QED) is 0.833. The second-order valence-corrected chi connectivity index (χ2v) is 5.94. The molecule has 2 aromatic rings. The van der Waals surface area contributed by atoms with Crippen molar-refractivity contribution in [1.82, 2.24) is 5.32 Å². The summed E-state index contributed by atoms with van der Waals surface area (Å²) in [5.41, 5.74) is 1.47. The first-order chi connectivity index (χ1) is 8.38. The Balaban J connectivity index is 1.62. The van der Waals surface area contributed by atoms with E-state index in [2.05, 4.69) is 41.9 Å². The summed E-state index contributed by atoms with van der Waals surface area (Å²) in [5, 5.41) is 7.42. The van der Waals surface area contributed by atoms with Gasteiger partial charge in [0.1, 0.15) is 0 Å². The molecule has 17 heavy (non-hydrogen) atoms.